The molecule has 0 saturated carbocycles. The Labute approximate surface area is 73.9 Å². The molecule has 1 aliphatic rings. The maximum absolute atomic E-state index is 11.5. The van der Waals surface area contributed by atoms with Gasteiger partial charge in [0, 0.05) is 19.6 Å². The SMILES string of the molecule is CC(C)CNC(=O)C1(C)CNC1. The number of hydrogen-bond acceptors (Lipinski definition) is 2. The van der Waals surface area contributed by atoms with Crippen molar-refractivity contribution in [2.45, 2.75) is 20.8 Å². The van der Waals surface area contributed by atoms with E-state index in [9.17, 15) is 4.79 Å². The Bertz CT molecular complexity index is 173. The van der Waals surface area contributed by atoms with Gasteiger partial charge >= 0.3 is 0 Å². The standard InChI is InChI=1S/C9H18N2O/c1-7(2)4-11-8(12)9(3)5-10-6-9/h7,10H,4-6H2,1-3H3,(H,11,12). The summed E-state index contributed by atoms with van der Waals surface area (Å²) in [6.45, 7) is 8.62. The van der Waals surface area contributed by atoms with Gasteiger partial charge in [0.05, 0.1) is 5.41 Å². The zero-order valence-electron chi connectivity index (χ0n) is 8.11. The molecule has 12 heavy (non-hydrogen) atoms. The minimum Gasteiger partial charge on any atom is -0.355 e. The van der Waals surface area contributed by atoms with Crippen LogP contribution in [0.2, 0.25) is 0 Å². The molecule has 0 aromatic rings. The van der Waals surface area contributed by atoms with Crippen LogP contribution >= 0.6 is 0 Å². The smallest absolute Gasteiger partial charge is 0.228 e. The molecule has 1 saturated heterocycles. The summed E-state index contributed by atoms with van der Waals surface area (Å²) < 4.78 is 0. The minimum atomic E-state index is -0.144. The van der Waals surface area contributed by atoms with Crippen LogP contribution in [0.5, 0.6) is 0 Å². The molecule has 0 unspecified atom stereocenters. The van der Waals surface area contributed by atoms with Crippen molar-refractivity contribution in [1.29, 1.82) is 0 Å². The van der Waals surface area contributed by atoms with E-state index >= 15 is 0 Å². The summed E-state index contributed by atoms with van der Waals surface area (Å²) in [7, 11) is 0. The van der Waals surface area contributed by atoms with E-state index in [0.29, 0.717) is 5.92 Å². The van der Waals surface area contributed by atoms with Crippen molar-refractivity contribution in [2.75, 3.05) is 19.6 Å². The van der Waals surface area contributed by atoms with Crippen LogP contribution in [0.15, 0.2) is 0 Å². The van der Waals surface area contributed by atoms with Crippen molar-refractivity contribution < 1.29 is 4.79 Å². The third kappa shape index (κ3) is 1.97. The summed E-state index contributed by atoms with van der Waals surface area (Å²) in [5.41, 5.74) is -0.144. The predicted octanol–water partition coefficient (Wildman–Crippen LogP) is 0.368. The summed E-state index contributed by atoms with van der Waals surface area (Å²) in [5, 5.41) is 6.06. The van der Waals surface area contributed by atoms with E-state index in [-0.39, 0.29) is 11.3 Å². The van der Waals surface area contributed by atoms with E-state index in [1.54, 1.807) is 0 Å². The largest absolute Gasteiger partial charge is 0.355 e. The first kappa shape index (κ1) is 9.52. The number of carbonyl (C=O) groups is 1. The van der Waals surface area contributed by atoms with E-state index in [1.165, 1.54) is 0 Å². The highest BCUT2D eigenvalue weighted by Gasteiger charge is 2.38. The molecule has 1 heterocycles. The minimum absolute atomic E-state index is 0.144. The van der Waals surface area contributed by atoms with Crippen molar-refractivity contribution in [3.8, 4) is 0 Å². The summed E-state index contributed by atoms with van der Waals surface area (Å²) in [5.74, 6) is 0.723. The normalized spacial score (nSPS) is 20.3. The quantitative estimate of drug-likeness (QED) is 0.642. The van der Waals surface area contributed by atoms with Gasteiger partial charge in [-0.25, -0.2) is 0 Å². The molecule has 3 heteroatoms. The third-order valence-electron chi connectivity index (χ3n) is 2.25. The van der Waals surface area contributed by atoms with Gasteiger partial charge in [-0.2, -0.15) is 0 Å². The Kier molecular flexibility index (Phi) is 2.73. The lowest BCUT2D eigenvalue weighted by atomic mass is 9.83. The van der Waals surface area contributed by atoms with E-state index in [2.05, 4.69) is 24.5 Å². The molecular formula is C9H18N2O. The van der Waals surface area contributed by atoms with Gasteiger partial charge in [0.15, 0.2) is 0 Å². The van der Waals surface area contributed by atoms with Crippen molar-refractivity contribution in [2.24, 2.45) is 11.3 Å². The van der Waals surface area contributed by atoms with E-state index < -0.39 is 0 Å². The summed E-state index contributed by atoms with van der Waals surface area (Å²) in [4.78, 5) is 11.5. The first-order valence-electron chi connectivity index (χ1n) is 4.53. The molecule has 3 nitrogen and oxygen atoms in total. The molecule has 1 fully saturated rings. The predicted molar refractivity (Wildman–Crippen MR) is 48.8 cm³/mol. The van der Waals surface area contributed by atoms with Crippen LogP contribution in [0.1, 0.15) is 20.8 Å². The second-order valence-corrected chi connectivity index (χ2v) is 4.27. The van der Waals surface area contributed by atoms with Crippen molar-refractivity contribution in [3.63, 3.8) is 0 Å². The van der Waals surface area contributed by atoms with Crippen molar-refractivity contribution in [1.82, 2.24) is 10.6 Å². The average molecular weight is 170 g/mol. The number of rotatable bonds is 3. The summed E-state index contributed by atoms with van der Waals surface area (Å²) in [6, 6.07) is 0. The van der Waals surface area contributed by atoms with Gasteiger partial charge in [0.1, 0.15) is 0 Å². The average Bonchev–Trinajstić information content (AvgIpc) is 1.95. The maximum Gasteiger partial charge on any atom is 0.228 e. The Morgan fingerprint density at radius 3 is 2.50 bits per heavy atom. The molecule has 0 spiro atoms. The maximum atomic E-state index is 11.5. The zero-order valence-corrected chi connectivity index (χ0v) is 8.11. The molecule has 1 rings (SSSR count). The van der Waals surface area contributed by atoms with E-state index in [1.807, 2.05) is 6.92 Å². The monoisotopic (exact) mass is 170 g/mol. The van der Waals surface area contributed by atoms with Crippen LogP contribution in [0.3, 0.4) is 0 Å². The van der Waals surface area contributed by atoms with E-state index in [4.69, 9.17) is 0 Å². The lowest BCUT2D eigenvalue weighted by molar-refractivity contribution is -0.132. The Hall–Kier alpha value is -0.570. The fourth-order valence-corrected chi connectivity index (χ4v) is 1.17. The molecule has 70 valence electrons. The van der Waals surface area contributed by atoms with Gasteiger partial charge in [0.2, 0.25) is 5.91 Å². The topological polar surface area (TPSA) is 41.1 Å². The van der Waals surface area contributed by atoms with Crippen molar-refractivity contribution in [3.05, 3.63) is 0 Å². The van der Waals surface area contributed by atoms with Crippen LogP contribution in [0.4, 0.5) is 0 Å². The fourth-order valence-electron chi connectivity index (χ4n) is 1.17. The fraction of sp³-hybridized carbons (Fsp3) is 0.889. The number of hydrogen-bond donors (Lipinski definition) is 2. The third-order valence-corrected chi connectivity index (χ3v) is 2.25. The van der Waals surface area contributed by atoms with Crippen LogP contribution < -0.4 is 10.6 Å². The number of carbonyl (C=O) groups excluding carboxylic acids is 1. The highest BCUT2D eigenvalue weighted by Crippen LogP contribution is 2.20. The molecule has 0 aromatic carbocycles. The van der Waals surface area contributed by atoms with Crippen LogP contribution in [0.25, 0.3) is 0 Å². The highest BCUT2D eigenvalue weighted by molar-refractivity contribution is 5.83. The molecule has 2 N–H and O–H groups in total. The lowest BCUT2D eigenvalue weighted by Crippen LogP contribution is -2.59. The molecule has 0 aliphatic carbocycles. The Morgan fingerprint density at radius 1 is 1.58 bits per heavy atom. The molecule has 1 amide bonds. The van der Waals surface area contributed by atoms with Gasteiger partial charge in [-0.05, 0) is 12.8 Å². The first-order valence-corrected chi connectivity index (χ1v) is 4.53. The van der Waals surface area contributed by atoms with Gasteiger partial charge < -0.3 is 10.6 Å². The zero-order chi connectivity index (χ0) is 9.19. The van der Waals surface area contributed by atoms with Crippen molar-refractivity contribution >= 4 is 5.91 Å². The van der Waals surface area contributed by atoms with Gasteiger partial charge in [-0.15, -0.1) is 0 Å². The van der Waals surface area contributed by atoms with Crippen LogP contribution in [0, 0.1) is 11.3 Å². The summed E-state index contributed by atoms with van der Waals surface area (Å²) in [6.07, 6.45) is 0. The van der Waals surface area contributed by atoms with Gasteiger partial charge in [-0.1, -0.05) is 13.8 Å². The molecule has 1 aliphatic heterocycles. The van der Waals surface area contributed by atoms with Crippen LogP contribution in [-0.2, 0) is 4.79 Å². The van der Waals surface area contributed by atoms with Gasteiger partial charge in [-0.3, -0.25) is 4.79 Å². The summed E-state index contributed by atoms with van der Waals surface area (Å²) >= 11 is 0. The van der Waals surface area contributed by atoms with E-state index in [0.717, 1.165) is 19.6 Å². The highest BCUT2D eigenvalue weighted by atomic mass is 16.2. The molecule has 0 aromatic heterocycles. The van der Waals surface area contributed by atoms with Crippen LogP contribution in [-0.4, -0.2) is 25.5 Å². The first-order chi connectivity index (χ1) is 5.54. The molecule has 0 atom stereocenters. The number of amides is 1. The Balaban J connectivity index is 2.28. The number of nitrogens with one attached hydrogen (secondary N) is 2. The second-order valence-electron chi connectivity index (χ2n) is 4.27. The molecule has 0 bridgehead atoms. The molecular weight excluding hydrogens is 152 g/mol. The Morgan fingerprint density at radius 2 is 2.17 bits per heavy atom. The lowest BCUT2D eigenvalue weighted by Gasteiger charge is -2.37. The van der Waals surface area contributed by atoms with Gasteiger partial charge in [0.25, 0.3) is 0 Å². The molecule has 0 radical (unpaired) electrons. The second kappa shape index (κ2) is 3.44.